The molecule has 0 saturated carbocycles. The van der Waals surface area contributed by atoms with Gasteiger partial charge in [-0.3, -0.25) is 0 Å². The van der Waals surface area contributed by atoms with E-state index in [1.165, 1.54) is 19.2 Å². The predicted octanol–water partition coefficient (Wildman–Crippen LogP) is 4.40. The van der Waals surface area contributed by atoms with Gasteiger partial charge in [0, 0.05) is 15.9 Å². The van der Waals surface area contributed by atoms with Gasteiger partial charge >= 0.3 is 0 Å². The van der Waals surface area contributed by atoms with Crippen LogP contribution in [0.25, 0.3) is 11.2 Å². The monoisotopic (exact) mass is 503 g/mol. The van der Waals surface area contributed by atoms with Gasteiger partial charge in [-0.1, -0.05) is 11.8 Å². The number of hydrogen-bond donors (Lipinski definition) is 1. The van der Waals surface area contributed by atoms with Crippen LogP contribution in [0.3, 0.4) is 0 Å². The highest BCUT2D eigenvalue weighted by molar-refractivity contribution is 9.10. The summed E-state index contributed by atoms with van der Waals surface area (Å²) in [6.07, 6.45) is 8.18. The van der Waals surface area contributed by atoms with Crippen molar-refractivity contribution in [1.82, 2.24) is 19.5 Å². The Morgan fingerprint density at radius 3 is 2.71 bits per heavy atom. The number of nitrogen functional groups attached to an aromatic ring is 1. The van der Waals surface area contributed by atoms with Crippen LogP contribution in [0.1, 0.15) is 32.1 Å². The lowest BCUT2D eigenvalue weighted by Crippen LogP contribution is -2.25. The Labute approximate surface area is 192 Å². The van der Waals surface area contributed by atoms with E-state index in [1.54, 1.807) is 11.8 Å². The topological polar surface area (TPSA) is 97.3 Å². The van der Waals surface area contributed by atoms with Crippen LogP contribution in [0.2, 0.25) is 0 Å². The van der Waals surface area contributed by atoms with E-state index in [0.29, 0.717) is 29.5 Å². The van der Waals surface area contributed by atoms with E-state index in [4.69, 9.17) is 24.9 Å². The van der Waals surface area contributed by atoms with Gasteiger partial charge in [-0.05, 0) is 66.1 Å². The highest BCUT2D eigenvalue weighted by atomic mass is 79.9. The van der Waals surface area contributed by atoms with Crippen molar-refractivity contribution in [2.24, 2.45) is 5.92 Å². The maximum absolute atomic E-state index is 6.12. The van der Waals surface area contributed by atoms with Gasteiger partial charge in [0.15, 0.2) is 33.6 Å². The van der Waals surface area contributed by atoms with E-state index >= 15 is 0 Å². The molecule has 3 atom stereocenters. The second-order valence-corrected chi connectivity index (χ2v) is 10.2. The van der Waals surface area contributed by atoms with Crippen molar-refractivity contribution in [2.45, 2.75) is 60.9 Å². The van der Waals surface area contributed by atoms with E-state index in [1.807, 2.05) is 12.1 Å². The Balaban J connectivity index is 1.31. The fourth-order valence-electron chi connectivity index (χ4n) is 4.80. The minimum absolute atomic E-state index is 0.244. The van der Waals surface area contributed by atoms with Crippen molar-refractivity contribution in [1.29, 1.82) is 0 Å². The lowest BCUT2D eigenvalue weighted by molar-refractivity contribution is -0.0216. The van der Waals surface area contributed by atoms with Crippen LogP contribution < -0.4 is 15.2 Å². The molecular weight excluding hydrogens is 482 g/mol. The number of ether oxygens (including phenoxy) is 3. The summed E-state index contributed by atoms with van der Waals surface area (Å²) in [4.78, 5) is 14.4. The molecule has 2 N–H and O–H groups in total. The van der Waals surface area contributed by atoms with Gasteiger partial charge in [-0.2, -0.15) is 0 Å². The summed E-state index contributed by atoms with van der Waals surface area (Å²) in [6.45, 7) is 1.08. The molecule has 2 fully saturated rings. The molecule has 0 spiro atoms. The van der Waals surface area contributed by atoms with Crippen molar-refractivity contribution < 1.29 is 14.2 Å². The van der Waals surface area contributed by atoms with E-state index in [9.17, 15) is 0 Å². The Hall–Kier alpha value is -2.04. The number of halogens is 1. The lowest BCUT2D eigenvalue weighted by Gasteiger charge is -2.28. The zero-order valence-electron chi connectivity index (χ0n) is 16.8. The summed E-state index contributed by atoms with van der Waals surface area (Å²) >= 11 is 5.21. The first-order valence-corrected chi connectivity index (χ1v) is 12.1. The molecule has 31 heavy (non-hydrogen) atoms. The molecule has 0 radical (unpaired) electrons. The average molecular weight is 504 g/mol. The third-order valence-electron chi connectivity index (χ3n) is 6.30. The Morgan fingerprint density at radius 1 is 1.13 bits per heavy atom. The molecule has 2 aromatic heterocycles. The van der Waals surface area contributed by atoms with Crippen molar-refractivity contribution in [3.8, 4) is 11.5 Å². The quantitative estimate of drug-likeness (QED) is 0.546. The molecule has 2 saturated heterocycles. The smallest absolute Gasteiger partial charge is 0.231 e. The first-order valence-electron chi connectivity index (χ1n) is 10.5. The minimum Gasteiger partial charge on any atom is -0.454 e. The van der Waals surface area contributed by atoms with Crippen molar-refractivity contribution in [3.05, 3.63) is 22.9 Å². The SMILES string of the molecule is Nc1ncnc2c1nc(Sc1cc3c(cc1Br)OCO3)n2CCC1C[C@H]2CC[C@@H](C1)O2. The zero-order chi connectivity index (χ0) is 20.9. The molecule has 0 amide bonds. The van der Waals surface area contributed by atoms with Crippen LogP contribution >= 0.6 is 27.7 Å². The maximum atomic E-state index is 6.12. The number of aromatic nitrogens is 4. The van der Waals surface area contributed by atoms with Crippen LogP contribution in [0, 0.1) is 5.92 Å². The summed E-state index contributed by atoms with van der Waals surface area (Å²) in [5.41, 5.74) is 7.55. The van der Waals surface area contributed by atoms with Gasteiger partial charge in [0.05, 0.1) is 12.2 Å². The third kappa shape index (κ3) is 3.64. The molecular formula is C21H22BrN5O3S. The second kappa shape index (κ2) is 7.83. The Bertz CT molecular complexity index is 1140. The molecule has 8 nitrogen and oxygen atoms in total. The largest absolute Gasteiger partial charge is 0.454 e. The Kier molecular flexibility index (Phi) is 4.96. The lowest BCUT2D eigenvalue weighted by atomic mass is 9.92. The Morgan fingerprint density at radius 2 is 1.90 bits per heavy atom. The second-order valence-electron chi connectivity index (χ2n) is 8.30. The van der Waals surface area contributed by atoms with Crippen LogP contribution in [-0.2, 0) is 11.3 Å². The van der Waals surface area contributed by atoms with Crippen LogP contribution in [0.15, 0.2) is 33.0 Å². The van der Waals surface area contributed by atoms with E-state index < -0.39 is 0 Å². The van der Waals surface area contributed by atoms with Gasteiger partial charge < -0.3 is 24.5 Å². The number of benzene rings is 1. The predicted molar refractivity (Wildman–Crippen MR) is 119 cm³/mol. The van der Waals surface area contributed by atoms with E-state index in [2.05, 4.69) is 30.5 Å². The summed E-state index contributed by atoms with van der Waals surface area (Å²) in [5, 5.41) is 0.844. The number of imidazole rings is 1. The number of rotatable bonds is 5. The highest BCUT2D eigenvalue weighted by Crippen LogP contribution is 2.43. The summed E-state index contributed by atoms with van der Waals surface area (Å²) < 4.78 is 20.1. The summed E-state index contributed by atoms with van der Waals surface area (Å²) in [5.74, 6) is 2.55. The van der Waals surface area contributed by atoms with Gasteiger partial charge in [-0.25, -0.2) is 15.0 Å². The van der Waals surface area contributed by atoms with E-state index in [0.717, 1.165) is 57.5 Å². The van der Waals surface area contributed by atoms with Crippen LogP contribution in [0.5, 0.6) is 11.5 Å². The molecule has 162 valence electrons. The molecule has 10 heteroatoms. The third-order valence-corrected chi connectivity index (χ3v) is 8.27. The summed E-state index contributed by atoms with van der Waals surface area (Å²) in [7, 11) is 0. The summed E-state index contributed by atoms with van der Waals surface area (Å²) in [6, 6.07) is 3.91. The van der Waals surface area contributed by atoms with Gasteiger partial charge in [-0.15, -0.1) is 0 Å². The molecule has 1 unspecified atom stereocenters. The normalized spacial score (nSPS) is 24.2. The molecule has 5 heterocycles. The molecule has 3 aliphatic heterocycles. The van der Waals surface area contributed by atoms with Crippen LogP contribution in [-0.4, -0.2) is 38.5 Å². The van der Waals surface area contributed by atoms with Crippen LogP contribution in [0.4, 0.5) is 5.82 Å². The fraction of sp³-hybridized carbons (Fsp3) is 0.476. The minimum atomic E-state index is 0.244. The standard InChI is InChI=1S/C21H22BrN5O3S/c22-14-7-15-16(29-10-28-15)8-17(14)31-21-26-18-19(23)24-9-25-20(18)27(21)4-3-11-5-12-1-2-13(6-11)30-12/h7-9,11-13H,1-6,10H2,(H2,23,24,25)/t11?,12-,13+. The first kappa shape index (κ1) is 19.6. The number of aryl methyl sites for hydroxylation is 1. The fourth-order valence-corrected chi connectivity index (χ4v) is 6.31. The van der Waals surface area contributed by atoms with Crippen molar-refractivity contribution in [3.63, 3.8) is 0 Å². The molecule has 0 aliphatic carbocycles. The number of hydrogen-bond acceptors (Lipinski definition) is 8. The first-order chi connectivity index (χ1) is 15.1. The van der Waals surface area contributed by atoms with Gasteiger partial charge in [0.25, 0.3) is 0 Å². The van der Waals surface area contributed by atoms with Gasteiger partial charge in [0.1, 0.15) is 6.33 Å². The number of anilines is 1. The molecule has 1 aromatic carbocycles. The highest BCUT2D eigenvalue weighted by Gasteiger charge is 2.34. The number of nitrogens with zero attached hydrogens (tertiary/aromatic N) is 4. The van der Waals surface area contributed by atoms with Crippen molar-refractivity contribution in [2.75, 3.05) is 12.5 Å². The molecule has 6 rings (SSSR count). The molecule has 2 bridgehead atoms. The number of fused-ring (bicyclic) bond motifs is 4. The zero-order valence-corrected chi connectivity index (χ0v) is 19.2. The van der Waals surface area contributed by atoms with E-state index in [-0.39, 0.29) is 6.79 Å². The molecule has 3 aromatic rings. The number of nitrogens with two attached hydrogens (primary N) is 1. The average Bonchev–Trinajstić information content (AvgIpc) is 3.44. The maximum Gasteiger partial charge on any atom is 0.231 e. The molecule has 3 aliphatic rings. The van der Waals surface area contributed by atoms with Crippen molar-refractivity contribution >= 4 is 44.7 Å². The van der Waals surface area contributed by atoms with Gasteiger partial charge in [0.2, 0.25) is 6.79 Å².